The second-order valence-electron chi connectivity index (χ2n) is 8.61. The summed E-state index contributed by atoms with van der Waals surface area (Å²) >= 11 is 0. The van der Waals surface area contributed by atoms with Crippen LogP contribution in [0.15, 0.2) is 46.0 Å². The number of anilines is 1. The molecule has 0 bridgehead atoms. The minimum absolute atomic E-state index is 0.0524. The van der Waals surface area contributed by atoms with Gasteiger partial charge < -0.3 is 10.5 Å². The number of carbonyl (C=O) groups excluding carboxylic acids is 2. The standard InChI is InChI=1S/C25H29N5O5/c1-15(2)13-29-23(26)22(24(33)28(5)25(29)34)20(31)14-35-21(32)12-11-19-16(3)27-30(17(19)4)18-9-7-6-8-10-18/h6-12,15H,13-14,26H2,1-5H3/b12-11+. The molecule has 184 valence electrons. The number of benzene rings is 1. The van der Waals surface area contributed by atoms with Gasteiger partial charge in [-0.1, -0.05) is 32.0 Å². The smallest absolute Gasteiger partial charge is 0.332 e. The summed E-state index contributed by atoms with van der Waals surface area (Å²) < 4.78 is 8.83. The number of hydrogen-bond acceptors (Lipinski definition) is 7. The summed E-state index contributed by atoms with van der Waals surface area (Å²) in [6, 6.07) is 9.57. The summed E-state index contributed by atoms with van der Waals surface area (Å²) in [7, 11) is 1.27. The fourth-order valence-electron chi connectivity index (χ4n) is 3.71. The van der Waals surface area contributed by atoms with Crippen molar-refractivity contribution in [3.05, 3.63) is 79.8 Å². The molecule has 0 aliphatic rings. The van der Waals surface area contributed by atoms with Gasteiger partial charge in [-0.3, -0.25) is 18.7 Å². The van der Waals surface area contributed by atoms with Crippen molar-refractivity contribution in [3.8, 4) is 5.69 Å². The lowest BCUT2D eigenvalue weighted by molar-refractivity contribution is -0.136. The van der Waals surface area contributed by atoms with E-state index in [1.165, 1.54) is 17.7 Å². The van der Waals surface area contributed by atoms with E-state index in [2.05, 4.69) is 5.10 Å². The third kappa shape index (κ3) is 5.32. The van der Waals surface area contributed by atoms with Gasteiger partial charge in [0.05, 0.1) is 11.4 Å². The predicted octanol–water partition coefficient (Wildman–Crippen LogP) is 2.03. The summed E-state index contributed by atoms with van der Waals surface area (Å²) in [5.74, 6) is -1.73. The Kier molecular flexibility index (Phi) is 7.53. The van der Waals surface area contributed by atoms with Crippen molar-refractivity contribution in [2.24, 2.45) is 13.0 Å². The largest absolute Gasteiger partial charge is 0.454 e. The quantitative estimate of drug-likeness (QED) is 0.297. The molecule has 2 N–H and O–H groups in total. The molecule has 2 heterocycles. The van der Waals surface area contributed by atoms with Crippen LogP contribution in [0.3, 0.4) is 0 Å². The molecule has 1 aromatic carbocycles. The van der Waals surface area contributed by atoms with Crippen molar-refractivity contribution < 1.29 is 14.3 Å². The van der Waals surface area contributed by atoms with E-state index in [-0.39, 0.29) is 23.8 Å². The summed E-state index contributed by atoms with van der Waals surface area (Å²) in [5.41, 5.74) is 7.36. The van der Waals surface area contributed by atoms with E-state index in [1.54, 1.807) is 10.8 Å². The molecule has 35 heavy (non-hydrogen) atoms. The van der Waals surface area contributed by atoms with Gasteiger partial charge in [0.2, 0.25) is 5.78 Å². The highest BCUT2D eigenvalue weighted by molar-refractivity contribution is 6.02. The first-order chi connectivity index (χ1) is 16.5. The van der Waals surface area contributed by atoms with Gasteiger partial charge in [0.15, 0.2) is 6.61 Å². The van der Waals surface area contributed by atoms with E-state index >= 15 is 0 Å². The molecule has 0 radical (unpaired) electrons. The SMILES string of the molecule is Cc1nn(-c2ccccc2)c(C)c1/C=C/C(=O)OCC(=O)c1c(N)n(CC(C)C)c(=O)n(C)c1=O. The molecule has 3 rings (SSSR count). The average Bonchev–Trinajstić information content (AvgIpc) is 3.11. The molecule has 10 nitrogen and oxygen atoms in total. The zero-order valence-electron chi connectivity index (χ0n) is 20.4. The Morgan fingerprint density at radius 3 is 2.43 bits per heavy atom. The van der Waals surface area contributed by atoms with Crippen LogP contribution in [0.2, 0.25) is 0 Å². The van der Waals surface area contributed by atoms with E-state index < -0.39 is 29.6 Å². The number of carbonyl (C=O) groups is 2. The van der Waals surface area contributed by atoms with Gasteiger partial charge in [0, 0.05) is 30.9 Å². The van der Waals surface area contributed by atoms with Crippen molar-refractivity contribution in [1.82, 2.24) is 18.9 Å². The number of nitrogen functional groups attached to an aromatic ring is 1. The van der Waals surface area contributed by atoms with Crippen LogP contribution in [0, 0.1) is 19.8 Å². The molecular formula is C25H29N5O5. The van der Waals surface area contributed by atoms with Gasteiger partial charge in [-0.25, -0.2) is 14.3 Å². The van der Waals surface area contributed by atoms with Crippen LogP contribution in [0.5, 0.6) is 0 Å². The van der Waals surface area contributed by atoms with Gasteiger partial charge in [0.1, 0.15) is 11.4 Å². The Morgan fingerprint density at radius 2 is 1.80 bits per heavy atom. The van der Waals surface area contributed by atoms with Crippen LogP contribution in [0.25, 0.3) is 11.8 Å². The molecule has 0 aliphatic heterocycles. The van der Waals surface area contributed by atoms with Crippen LogP contribution >= 0.6 is 0 Å². The molecule has 0 saturated heterocycles. The van der Waals surface area contributed by atoms with Crippen molar-refractivity contribution in [1.29, 1.82) is 0 Å². The Morgan fingerprint density at radius 1 is 1.14 bits per heavy atom. The molecule has 0 fully saturated rings. The third-order valence-corrected chi connectivity index (χ3v) is 5.49. The molecule has 0 unspecified atom stereocenters. The number of hydrogen-bond donors (Lipinski definition) is 1. The number of esters is 1. The Balaban J connectivity index is 1.76. The number of rotatable bonds is 8. The van der Waals surface area contributed by atoms with Gasteiger partial charge in [-0.05, 0) is 38.0 Å². The number of aryl methyl sites for hydroxylation is 1. The van der Waals surface area contributed by atoms with E-state index in [0.717, 1.165) is 27.2 Å². The van der Waals surface area contributed by atoms with E-state index in [9.17, 15) is 19.2 Å². The fourth-order valence-corrected chi connectivity index (χ4v) is 3.71. The first-order valence-electron chi connectivity index (χ1n) is 11.1. The van der Waals surface area contributed by atoms with Crippen molar-refractivity contribution in [2.75, 3.05) is 12.3 Å². The van der Waals surface area contributed by atoms with Gasteiger partial charge in [0.25, 0.3) is 5.56 Å². The second kappa shape index (κ2) is 10.4. The fraction of sp³-hybridized carbons (Fsp3) is 0.320. The summed E-state index contributed by atoms with van der Waals surface area (Å²) in [6.45, 7) is 7.00. The maximum absolute atomic E-state index is 12.7. The van der Waals surface area contributed by atoms with Crippen molar-refractivity contribution >= 4 is 23.6 Å². The first kappa shape index (κ1) is 25.4. The lowest BCUT2D eigenvalue weighted by Crippen LogP contribution is -2.43. The lowest BCUT2D eigenvalue weighted by atomic mass is 10.1. The zero-order valence-corrected chi connectivity index (χ0v) is 20.4. The molecular weight excluding hydrogens is 450 g/mol. The number of nitrogens with zero attached hydrogens (tertiary/aromatic N) is 4. The minimum Gasteiger partial charge on any atom is -0.454 e. The predicted molar refractivity (Wildman–Crippen MR) is 133 cm³/mol. The highest BCUT2D eigenvalue weighted by atomic mass is 16.5. The number of Topliss-reactive ketones (excluding diaryl/α,β-unsaturated/α-hetero) is 1. The monoisotopic (exact) mass is 479 g/mol. The minimum atomic E-state index is -0.830. The molecule has 0 spiro atoms. The Labute approximate surface area is 202 Å². The summed E-state index contributed by atoms with van der Waals surface area (Å²) in [5, 5.41) is 4.52. The normalized spacial score (nSPS) is 11.4. The molecule has 10 heteroatoms. The molecule has 0 saturated carbocycles. The van der Waals surface area contributed by atoms with E-state index in [0.29, 0.717) is 0 Å². The van der Waals surface area contributed by atoms with Gasteiger partial charge in [-0.15, -0.1) is 0 Å². The number of ether oxygens (including phenoxy) is 1. The third-order valence-electron chi connectivity index (χ3n) is 5.49. The van der Waals surface area contributed by atoms with Gasteiger partial charge in [-0.2, -0.15) is 5.10 Å². The van der Waals surface area contributed by atoms with E-state index in [4.69, 9.17) is 10.5 Å². The van der Waals surface area contributed by atoms with Crippen LogP contribution in [-0.4, -0.2) is 37.3 Å². The topological polar surface area (TPSA) is 131 Å². The Hall–Kier alpha value is -4.21. The van der Waals surface area contributed by atoms with E-state index in [1.807, 2.05) is 58.0 Å². The summed E-state index contributed by atoms with van der Waals surface area (Å²) in [6.07, 6.45) is 2.76. The van der Waals surface area contributed by atoms with Crippen LogP contribution in [0.1, 0.15) is 41.2 Å². The number of aromatic nitrogens is 4. The van der Waals surface area contributed by atoms with Crippen molar-refractivity contribution in [3.63, 3.8) is 0 Å². The first-order valence-corrected chi connectivity index (χ1v) is 11.1. The summed E-state index contributed by atoms with van der Waals surface area (Å²) in [4.78, 5) is 49.9. The second-order valence-corrected chi connectivity index (χ2v) is 8.61. The maximum Gasteiger partial charge on any atom is 0.332 e. The Bertz CT molecular complexity index is 1410. The molecule has 0 aliphatic carbocycles. The molecule has 0 atom stereocenters. The average molecular weight is 480 g/mol. The van der Waals surface area contributed by atoms with Crippen molar-refractivity contribution in [2.45, 2.75) is 34.2 Å². The zero-order chi connectivity index (χ0) is 25.9. The highest BCUT2D eigenvalue weighted by Crippen LogP contribution is 2.19. The van der Waals surface area contributed by atoms with Crippen LogP contribution in [0.4, 0.5) is 5.82 Å². The van der Waals surface area contributed by atoms with Crippen LogP contribution in [-0.2, 0) is 23.1 Å². The van der Waals surface area contributed by atoms with Gasteiger partial charge >= 0.3 is 11.7 Å². The molecule has 0 amide bonds. The number of ketones is 1. The molecule has 3 aromatic rings. The number of nitrogens with two attached hydrogens (primary N) is 1. The molecule has 2 aromatic heterocycles. The van der Waals surface area contributed by atoms with Crippen LogP contribution < -0.4 is 17.0 Å². The maximum atomic E-state index is 12.7. The lowest BCUT2D eigenvalue weighted by Gasteiger charge is -2.16. The number of para-hydroxylation sites is 1. The highest BCUT2D eigenvalue weighted by Gasteiger charge is 2.22.